The Morgan fingerprint density at radius 1 is 0.309 bits per heavy atom. The molecule has 6 heteroatoms. The molecule has 0 N–H and O–H groups in total. The van der Waals surface area contributed by atoms with Gasteiger partial charge in [-0.15, -0.1) is 0 Å². The Bertz CT molecular complexity index is 2890. The maximum atomic E-state index is 6.94. The summed E-state index contributed by atoms with van der Waals surface area (Å²) < 4.78 is 6.94. The first-order chi connectivity index (χ1) is 27.3. The molecule has 0 bridgehead atoms. The van der Waals surface area contributed by atoms with Gasteiger partial charge in [0.25, 0.3) is 0 Å². The first-order valence-electron chi connectivity index (χ1n) is 18.1. The lowest BCUT2D eigenvalue weighted by Gasteiger charge is -2.13. The second kappa shape index (κ2) is 13.8. The fraction of sp³-hybridized carbons (Fsp3) is 0. The van der Waals surface area contributed by atoms with Crippen molar-refractivity contribution in [3.05, 3.63) is 189 Å². The molecule has 0 fully saturated rings. The van der Waals surface area contributed by atoms with Gasteiger partial charge in [0, 0.05) is 74.5 Å². The molecule has 6 aromatic carbocycles. The predicted octanol–water partition coefficient (Wildman–Crippen LogP) is 12.2. The summed E-state index contributed by atoms with van der Waals surface area (Å²) in [6.45, 7) is 0. The number of fused-ring (bicyclic) bond motifs is 3. The Kier molecular flexibility index (Phi) is 8.04. The van der Waals surface area contributed by atoms with Crippen LogP contribution in [0.2, 0.25) is 0 Å². The number of para-hydroxylation sites is 2. The molecular formula is C49H31N5O. The van der Waals surface area contributed by atoms with E-state index in [0.29, 0.717) is 17.5 Å². The van der Waals surface area contributed by atoms with E-state index >= 15 is 0 Å². The molecule has 0 atom stereocenters. The zero-order chi connectivity index (χ0) is 36.6. The highest BCUT2D eigenvalue weighted by Crippen LogP contribution is 2.43. The summed E-state index contributed by atoms with van der Waals surface area (Å²) in [4.78, 5) is 23.5. The van der Waals surface area contributed by atoms with Gasteiger partial charge < -0.3 is 4.42 Å². The Hall–Kier alpha value is -7.57. The number of pyridine rings is 2. The Morgan fingerprint density at radius 3 is 1.38 bits per heavy atom. The van der Waals surface area contributed by atoms with E-state index in [9.17, 15) is 0 Å². The average Bonchev–Trinajstić information content (AvgIpc) is 3.67. The van der Waals surface area contributed by atoms with Gasteiger partial charge in [0.1, 0.15) is 11.2 Å². The summed E-state index contributed by atoms with van der Waals surface area (Å²) in [5.74, 6) is 1.88. The number of hydrogen-bond acceptors (Lipinski definition) is 6. The van der Waals surface area contributed by atoms with Gasteiger partial charge in [0.05, 0.1) is 0 Å². The van der Waals surface area contributed by atoms with Crippen molar-refractivity contribution in [3.8, 4) is 78.7 Å². The van der Waals surface area contributed by atoms with Crippen molar-refractivity contribution in [1.82, 2.24) is 24.9 Å². The van der Waals surface area contributed by atoms with Crippen LogP contribution in [0.3, 0.4) is 0 Å². The maximum Gasteiger partial charge on any atom is 0.164 e. The SMILES string of the molecule is c1ccc(-c2nc(-c3ccccc3)nc(-c3ccc(-c4cccc5c4oc4c(-c6cc(-c7cccnc7)ccc6-c6cccnc6)cccc45)cc3)n2)cc1. The summed E-state index contributed by atoms with van der Waals surface area (Å²) >= 11 is 0. The van der Waals surface area contributed by atoms with Crippen molar-refractivity contribution in [2.45, 2.75) is 0 Å². The molecule has 55 heavy (non-hydrogen) atoms. The third-order valence-corrected chi connectivity index (χ3v) is 9.96. The van der Waals surface area contributed by atoms with Crippen LogP contribution in [0.25, 0.3) is 101 Å². The summed E-state index contributed by atoms with van der Waals surface area (Å²) in [5.41, 5.74) is 12.8. The summed E-state index contributed by atoms with van der Waals surface area (Å²) in [7, 11) is 0. The smallest absolute Gasteiger partial charge is 0.164 e. The van der Waals surface area contributed by atoms with Gasteiger partial charge >= 0.3 is 0 Å². The molecule has 0 amide bonds. The van der Waals surface area contributed by atoms with Crippen LogP contribution in [-0.4, -0.2) is 24.9 Å². The molecule has 0 aliphatic rings. The minimum Gasteiger partial charge on any atom is -0.455 e. The quantitative estimate of drug-likeness (QED) is 0.164. The number of hydrogen-bond donors (Lipinski definition) is 0. The zero-order valence-corrected chi connectivity index (χ0v) is 29.5. The number of benzene rings is 6. The number of rotatable bonds is 7. The third kappa shape index (κ3) is 6.02. The predicted molar refractivity (Wildman–Crippen MR) is 221 cm³/mol. The molecule has 0 aliphatic carbocycles. The standard InChI is InChI=1S/C49H31N5O/c1-3-11-33(12-4-1)47-52-48(34-13-5-2-6-14-34)54-49(53-47)35-23-21-32(22-24-35)40-17-7-18-41-42-19-8-20-43(46(42)55-45(40)41)44-29-36(37-15-9-27-50-30-37)25-26-39(44)38-16-10-28-51-31-38/h1-31H. The van der Waals surface area contributed by atoms with Gasteiger partial charge in [-0.3, -0.25) is 9.97 Å². The summed E-state index contributed by atoms with van der Waals surface area (Å²) in [5, 5.41) is 2.11. The minimum atomic E-state index is 0.615. The van der Waals surface area contributed by atoms with Crippen LogP contribution < -0.4 is 0 Å². The molecule has 4 heterocycles. The van der Waals surface area contributed by atoms with Gasteiger partial charge in [-0.25, -0.2) is 15.0 Å². The molecule has 10 aromatic rings. The van der Waals surface area contributed by atoms with Crippen molar-refractivity contribution in [2.24, 2.45) is 0 Å². The van der Waals surface area contributed by atoms with Crippen molar-refractivity contribution in [1.29, 1.82) is 0 Å². The van der Waals surface area contributed by atoms with E-state index in [1.807, 2.05) is 85.2 Å². The van der Waals surface area contributed by atoms with Crippen molar-refractivity contribution in [3.63, 3.8) is 0 Å². The molecule has 0 saturated heterocycles. The highest BCUT2D eigenvalue weighted by atomic mass is 16.3. The van der Waals surface area contributed by atoms with Crippen molar-refractivity contribution in [2.75, 3.05) is 0 Å². The molecule has 0 saturated carbocycles. The van der Waals surface area contributed by atoms with E-state index in [0.717, 1.165) is 83.1 Å². The van der Waals surface area contributed by atoms with Crippen molar-refractivity contribution < 1.29 is 4.42 Å². The molecule has 0 radical (unpaired) electrons. The first kappa shape index (κ1) is 32.1. The largest absolute Gasteiger partial charge is 0.455 e. The molecular weight excluding hydrogens is 675 g/mol. The lowest BCUT2D eigenvalue weighted by Crippen LogP contribution is -2.00. The van der Waals surface area contributed by atoms with E-state index < -0.39 is 0 Å². The Morgan fingerprint density at radius 2 is 0.800 bits per heavy atom. The van der Waals surface area contributed by atoms with Crippen LogP contribution >= 0.6 is 0 Å². The molecule has 0 spiro atoms. The van der Waals surface area contributed by atoms with Gasteiger partial charge in [-0.05, 0) is 40.5 Å². The molecule has 0 aliphatic heterocycles. The second-order valence-electron chi connectivity index (χ2n) is 13.3. The highest BCUT2D eigenvalue weighted by Gasteiger charge is 2.19. The number of furan rings is 1. The maximum absolute atomic E-state index is 6.94. The Labute approximate surface area is 317 Å². The molecule has 6 nitrogen and oxygen atoms in total. The van der Waals surface area contributed by atoms with Gasteiger partial charge in [0.15, 0.2) is 17.5 Å². The van der Waals surface area contributed by atoms with Gasteiger partial charge in [-0.1, -0.05) is 146 Å². The second-order valence-corrected chi connectivity index (χ2v) is 13.3. The van der Waals surface area contributed by atoms with Gasteiger partial charge in [0.2, 0.25) is 0 Å². The fourth-order valence-corrected chi connectivity index (χ4v) is 7.25. The van der Waals surface area contributed by atoms with Gasteiger partial charge in [-0.2, -0.15) is 0 Å². The Balaban J connectivity index is 1.08. The summed E-state index contributed by atoms with van der Waals surface area (Å²) in [6.07, 6.45) is 7.40. The number of aromatic nitrogens is 5. The highest BCUT2D eigenvalue weighted by molar-refractivity contribution is 6.14. The van der Waals surface area contributed by atoms with Crippen LogP contribution in [0.15, 0.2) is 193 Å². The summed E-state index contributed by atoms with van der Waals surface area (Å²) in [6, 6.07) is 55.8. The van der Waals surface area contributed by atoms with Crippen LogP contribution in [0.5, 0.6) is 0 Å². The van der Waals surface area contributed by atoms with E-state index in [-0.39, 0.29) is 0 Å². The number of nitrogens with zero attached hydrogens (tertiary/aromatic N) is 5. The van der Waals surface area contributed by atoms with Crippen LogP contribution in [-0.2, 0) is 0 Å². The lowest BCUT2D eigenvalue weighted by molar-refractivity contribution is 0.671. The van der Waals surface area contributed by atoms with E-state index in [2.05, 4.69) is 101 Å². The zero-order valence-electron chi connectivity index (χ0n) is 29.5. The van der Waals surface area contributed by atoms with E-state index in [1.54, 1.807) is 12.4 Å². The molecule has 10 rings (SSSR count). The van der Waals surface area contributed by atoms with Crippen LogP contribution in [0, 0.1) is 0 Å². The lowest BCUT2D eigenvalue weighted by atomic mass is 9.91. The topological polar surface area (TPSA) is 77.6 Å². The normalized spacial score (nSPS) is 11.3. The fourth-order valence-electron chi connectivity index (χ4n) is 7.25. The van der Waals surface area contributed by atoms with E-state index in [4.69, 9.17) is 19.4 Å². The average molecular weight is 706 g/mol. The molecule has 0 unspecified atom stereocenters. The van der Waals surface area contributed by atoms with Crippen LogP contribution in [0.4, 0.5) is 0 Å². The van der Waals surface area contributed by atoms with Crippen LogP contribution in [0.1, 0.15) is 0 Å². The molecule has 258 valence electrons. The monoisotopic (exact) mass is 705 g/mol. The van der Waals surface area contributed by atoms with Crippen molar-refractivity contribution >= 4 is 21.9 Å². The molecule has 4 aromatic heterocycles. The minimum absolute atomic E-state index is 0.615. The van der Waals surface area contributed by atoms with E-state index in [1.165, 1.54) is 0 Å². The first-order valence-corrected chi connectivity index (χ1v) is 18.1. The third-order valence-electron chi connectivity index (χ3n) is 9.96.